The van der Waals surface area contributed by atoms with Gasteiger partial charge in [-0.15, -0.1) is 0 Å². The minimum absolute atomic E-state index is 0.214. The number of hydrogen-bond donors (Lipinski definition) is 1. The molecule has 6 heteroatoms. The van der Waals surface area contributed by atoms with Gasteiger partial charge >= 0.3 is 0 Å². The smallest absolute Gasteiger partial charge is 0.266 e. The number of amides is 2. The van der Waals surface area contributed by atoms with Crippen molar-refractivity contribution in [1.29, 1.82) is 0 Å². The van der Waals surface area contributed by atoms with E-state index in [1.807, 2.05) is 18.2 Å². The number of nitrogens with one attached hydrogen (secondary N) is 1. The maximum Gasteiger partial charge on any atom is 0.266 e. The molecule has 1 aromatic rings. The van der Waals surface area contributed by atoms with Crippen LogP contribution in [0.3, 0.4) is 0 Å². The predicted molar refractivity (Wildman–Crippen MR) is 76.9 cm³/mol. The highest BCUT2D eigenvalue weighted by molar-refractivity contribution is 8.18. The summed E-state index contributed by atoms with van der Waals surface area (Å²) < 4.78 is 0. The first-order valence-electron chi connectivity index (χ1n) is 5.62. The summed E-state index contributed by atoms with van der Waals surface area (Å²) in [7, 11) is 3.24. The molecule has 0 bridgehead atoms. The van der Waals surface area contributed by atoms with Crippen LogP contribution >= 0.6 is 11.8 Å². The van der Waals surface area contributed by atoms with Gasteiger partial charge in [0.25, 0.3) is 5.91 Å². The Labute approximate surface area is 115 Å². The Kier molecular flexibility index (Phi) is 4.01. The quantitative estimate of drug-likeness (QED) is 0.836. The number of rotatable bonds is 2. The molecule has 0 aromatic heterocycles. The topological polar surface area (TPSA) is 61.8 Å². The largest absolute Gasteiger partial charge is 0.322 e. The maximum absolute atomic E-state index is 11.8. The number of para-hydroxylation sites is 1. The molecule has 1 heterocycles. The molecule has 98 valence electrons. The molecule has 5 nitrogen and oxygen atoms in total. The minimum atomic E-state index is -0.326. The van der Waals surface area contributed by atoms with Crippen LogP contribution in [0, 0.1) is 0 Å². The lowest BCUT2D eigenvalue weighted by Gasteiger charge is -2.05. The van der Waals surface area contributed by atoms with Crippen LogP contribution in [0.2, 0.25) is 0 Å². The average Bonchev–Trinajstić information content (AvgIpc) is 2.67. The standard InChI is InChI=1S/C13H13N3O2S/c1-14-13-16(2)12(18)10(19-13)8-11(17)15-9-6-4-3-5-7-9/h3-8H,1-2H3,(H,15,17). The van der Waals surface area contributed by atoms with E-state index >= 15 is 0 Å². The van der Waals surface area contributed by atoms with Crippen molar-refractivity contribution in [1.82, 2.24) is 4.90 Å². The third-order valence-corrected chi connectivity index (χ3v) is 3.65. The van der Waals surface area contributed by atoms with Gasteiger partial charge in [0.05, 0.1) is 4.91 Å². The fourth-order valence-electron chi connectivity index (χ4n) is 1.57. The maximum atomic E-state index is 11.8. The van der Waals surface area contributed by atoms with Crippen molar-refractivity contribution in [2.45, 2.75) is 0 Å². The summed E-state index contributed by atoms with van der Waals surface area (Å²) in [5, 5.41) is 3.28. The highest BCUT2D eigenvalue weighted by atomic mass is 32.2. The van der Waals surface area contributed by atoms with Gasteiger partial charge in [0.15, 0.2) is 5.17 Å². The Morgan fingerprint density at radius 3 is 2.63 bits per heavy atom. The van der Waals surface area contributed by atoms with Crippen LogP contribution < -0.4 is 5.32 Å². The summed E-state index contributed by atoms with van der Waals surface area (Å²) in [5.74, 6) is -0.540. The van der Waals surface area contributed by atoms with Crippen molar-refractivity contribution in [2.24, 2.45) is 4.99 Å². The first kappa shape index (κ1) is 13.4. The van der Waals surface area contributed by atoms with Gasteiger partial charge < -0.3 is 5.32 Å². The van der Waals surface area contributed by atoms with Crippen LogP contribution in [0.5, 0.6) is 0 Å². The van der Waals surface area contributed by atoms with Gasteiger partial charge in [-0.3, -0.25) is 19.5 Å². The number of aliphatic imine (C=N–C) groups is 1. The third kappa shape index (κ3) is 3.03. The molecule has 0 spiro atoms. The average molecular weight is 275 g/mol. The second kappa shape index (κ2) is 5.71. The van der Waals surface area contributed by atoms with E-state index in [9.17, 15) is 9.59 Å². The van der Waals surface area contributed by atoms with Gasteiger partial charge in [-0.2, -0.15) is 0 Å². The minimum Gasteiger partial charge on any atom is -0.322 e. The summed E-state index contributed by atoms with van der Waals surface area (Å²) in [4.78, 5) is 29.4. The van der Waals surface area contributed by atoms with Crippen LogP contribution in [-0.4, -0.2) is 36.0 Å². The molecule has 1 saturated heterocycles. The van der Waals surface area contributed by atoms with E-state index in [-0.39, 0.29) is 11.8 Å². The van der Waals surface area contributed by atoms with E-state index in [2.05, 4.69) is 10.3 Å². The number of hydrogen-bond acceptors (Lipinski definition) is 4. The molecule has 1 N–H and O–H groups in total. The van der Waals surface area contributed by atoms with E-state index in [1.165, 1.54) is 22.7 Å². The SMILES string of the molecule is CN=C1SC(=CC(=O)Nc2ccccc2)C(=O)N1C. The second-order valence-electron chi connectivity index (χ2n) is 3.84. The molecule has 19 heavy (non-hydrogen) atoms. The lowest BCUT2D eigenvalue weighted by Crippen LogP contribution is -2.24. The number of likely N-dealkylation sites (N-methyl/N-ethyl adjacent to an activating group) is 1. The number of thioether (sulfide) groups is 1. The summed E-state index contributed by atoms with van der Waals surface area (Å²) in [6.07, 6.45) is 1.30. The summed E-state index contributed by atoms with van der Waals surface area (Å²) in [6, 6.07) is 9.08. The molecule has 0 aliphatic carbocycles. The van der Waals surface area contributed by atoms with Gasteiger partial charge in [-0.25, -0.2) is 0 Å². The highest BCUT2D eigenvalue weighted by Crippen LogP contribution is 2.29. The number of nitrogens with zero attached hydrogens (tertiary/aromatic N) is 2. The Morgan fingerprint density at radius 2 is 2.05 bits per heavy atom. The predicted octanol–water partition coefficient (Wildman–Crippen LogP) is 1.70. The fraction of sp³-hybridized carbons (Fsp3) is 0.154. The Hall–Kier alpha value is -2.08. The number of amidine groups is 1. The van der Waals surface area contributed by atoms with Crippen LogP contribution in [-0.2, 0) is 9.59 Å². The number of carbonyl (C=O) groups excluding carboxylic acids is 2. The molecule has 2 amide bonds. The lowest BCUT2D eigenvalue weighted by atomic mass is 10.3. The summed E-state index contributed by atoms with van der Waals surface area (Å²) in [6.45, 7) is 0. The molecule has 0 atom stereocenters. The molecule has 1 aliphatic rings. The van der Waals surface area contributed by atoms with Crippen molar-refractivity contribution in [3.8, 4) is 0 Å². The molecular formula is C13H13N3O2S. The number of carbonyl (C=O) groups is 2. The van der Waals surface area contributed by atoms with Crippen LogP contribution in [0.15, 0.2) is 46.3 Å². The highest BCUT2D eigenvalue weighted by Gasteiger charge is 2.30. The zero-order valence-electron chi connectivity index (χ0n) is 10.6. The lowest BCUT2D eigenvalue weighted by molar-refractivity contribution is -0.121. The van der Waals surface area contributed by atoms with Gasteiger partial charge in [-0.1, -0.05) is 18.2 Å². The first-order valence-corrected chi connectivity index (χ1v) is 6.44. The molecule has 1 aromatic carbocycles. The fourth-order valence-corrected chi connectivity index (χ4v) is 2.47. The second-order valence-corrected chi connectivity index (χ2v) is 4.85. The van der Waals surface area contributed by atoms with Gasteiger partial charge in [0.2, 0.25) is 5.91 Å². The molecular weight excluding hydrogens is 262 g/mol. The zero-order chi connectivity index (χ0) is 13.8. The van der Waals surface area contributed by atoms with Crippen molar-refractivity contribution in [2.75, 3.05) is 19.4 Å². The van der Waals surface area contributed by atoms with Gasteiger partial charge in [-0.05, 0) is 23.9 Å². The molecule has 0 saturated carbocycles. The third-order valence-electron chi connectivity index (χ3n) is 2.50. The Morgan fingerprint density at radius 1 is 1.37 bits per heavy atom. The van der Waals surface area contributed by atoms with Crippen LogP contribution in [0.4, 0.5) is 5.69 Å². The van der Waals surface area contributed by atoms with Crippen LogP contribution in [0.25, 0.3) is 0 Å². The monoisotopic (exact) mass is 275 g/mol. The number of benzene rings is 1. The molecule has 1 fully saturated rings. The van der Waals surface area contributed by atoms with Gasteiger partial charge in [0, 0.05) is 25.9 Å². The van der Waals surface area contributed by atoms with Crippen molar-refractivity contribution >= 4 is 34.4 Å². The van der Waals surface area contributed by atoms with Gasteiger partial charge in [0.1, 0.15) is 0 Å². The molecule has 1 aliphatic heterocycles. The molecule has 2 rings (SSSR count). The summed E-state index contributed by atoms with van der Waals surface area (Å²) in [5.41, 5.74) is 0.692. The number of anilines is 1. The normalized spacial score (nSPS) is 19.3. The van der Waals surface area contributed by atoms with Crippen molar-refractivity contribution < 1.29 is 9.59 Å². The zero-order valence-corrected chi connectivity index (χ0v) is 11.4. The first-order chi connectivity index (χ1) is 9.11. The van der Waals surface area contributed by atoms with Crippen LogP contribution in [0.1, 0.15) is 0 Å². The van der Waals surface area contributed by atoms with E-state index in [1.54, 1.807) is 26.2 Å². The van der Waals surface area contributed by atoms with E-state index in [0.29, 0.717) is 15.8 Å². The van der Waals surface area contributed by atoms with Crippen molar-refractivity contribution in [3.05, 3.63) is 41.3 Å². The molecule has 0 unspecified atom stereocenters. The Bertz CT molecular complexity index is 567. The molecule has 0 radical (unpaired) electrons. The van der Waals surface area contributed by atoms with Crippen molar-refractivity contribution in [3.63, 3.8) is 0 Å². The Balaban J connectivity index is 2.10. The van der Waals surface area contributed by atoms with E-state index in [4.69, 9.17) is 0 Å². The van der Waals surface area contributed by atoms with E-state index in [0.717, 1.165) is 0 Å². The van der Waals surface area contributed by atoms with E-state index < -0.39 is 0 Å². The summed E-state index contributed by atoms with van der Waals surface area (Å²) >= 11 is 1.19.